The molecule has 0 saturated carbocycles. The van der Waals surface area contributed by atoms with E-state index in [2.05, 4.69) is 15.4 Å². The standard InChI is InChI=1S/C8H11N5O/c1-5(14)12-7-4-6(2-3-11-7)8(9)13-10/h2-4H,10H2,1H3,(H2,9,13)(H,11,12,14). The molecule has 0 unspecified atom stereocenters. The zero-order valence-electron chi connectivity index (χ0n) is 7.69. The van der Waals surface area contributed by atoms with Crippen LogP contribution in [0.3, 0.4) is 0 Å². The fraction of sp³-hybridized carbons (Fsp3) is 0.125. The van der Waals surface area contributed by atoms with Gasteiger partial charge in [0.25, 0.3) is 0 Å². The number of hydrogen-bond acceptors (Lipinski definition) is 4. The van der Waals surface area contributed by atoms with Crippen molar-refractivity contribution in [2.75, 3.05) is 5.32 Å². The van der Waals surface area contributed by atoms with Gasteiger partial charge in [0.2, 0.25) is 5.91 Å². The van der Waals surface area contributed by atoms with Crippen LogP contribution in [0.1, 0.15) is 12.5 Å². The highest BCUT2D eigenvalue weighted by Crippen LogP contribution is 2.05. The number of nitrogens with zero attached hydrogens (tertiary/aromatic N) is 2. The lowest BCUT2D eigenvalue weighted by Crippen LogP contribution is -2.16. The zero-order valence-corrected chi connectivity index (χ0v) is 7.69. The molecule has 1 amide bonds. The predicted molar refractivity (Wildman–Crippen MR) is 53.5 cm³/mol. The van der Waals surface area contributed by atoms with Crippen molar-refractivity contribution < 1.29 is 4.79 Å². The van der Waals surface area contributed by atoms with Crippen LogP contribution in [0.15, 0.2) is 23.4 Å². The first kappa shape index (κ1) is 9.97. The number of carbonyl (C=O) groups excluding carboxylic acids is 1. The monoisotopic (exact) mass is 193 g/mol. The molecular weight excluding hydrogens is 182 g/mol. The molecule has 0 aliphatic heterocycles. The van der Waals surface area contributed by atoms with Gasteiger partial charge in [0.05, 0.1) is 0 Å². The van der Waals surface area contributed by atoms with Crippen LogP contribution in [0.5, 0.6) is 0 Å². The lowest BCUT2D eigenvalue weighted by atomic mass is 10.2. The topological polar surface area (TPSA) is 106 Å². The highest BCUT2D eigenvalue weighted by Gasteiger charge is 2.01. The number of amidine groups is 1. The van der Waals surface area contributed by atoms with E-state index < -0.39 is 0 Å². The van der Waals surface area contributed by atoms with Crippen molar-refractivity contribution in [2.45, 2.75) is 6.92 Å². The van der Waals surface area contributed by atoms with Crippen molar-refractivity contribution in [3.8, 4) is 0 Å². The van der Waals surface area contributed by atoms with Crippen LogP contribution in [0, 0.1) is 0 Å². The predicted octanol–water partition coefficient (Wildman–Crippen LogP) is -0.381. The van der Waals surface area contributed by atoms with Gasteiger partial charge in [-0.15, -0.1) is 0 Å². The van der Waals surface area contributed by atoms with Crippen molar-refractivity contribution in [3.05, 3.63) is 23.9 Å². The molecule has 1 aromatic rings. The van der Waals surface area contributed by atoms with E-state index in [4.69, 9.17) is 11.6 Å². The van der Waals surface area contributed by atoms with Crippen molar-refractivity contribution in [2.24, 2.45) is 16.7 Å². The van der Waals surface area contributed by atoms with E-state index in [9.17, 15) is 4.79 Å². The van der Waals surface area contributed by atoms with Crippen molar-refractivity contribution in [3.63, 3.8) is 0 Å². The number of nitrogens with one attached hydrogen (secondary N) is 1. The summed E-state index contributed by atoms with van der Waals surface area (Å²) >= 11 is 0. The molecule has 1 rings (SSSR count). The Labute approximate surface area is 81.0 Å². The molecular formula is C8H11N5O. The maximum Gasteiger partial charge on any atom is 0.222 e. The maximum atomic E-state index is 10.7. The Kier molecular flexibility index (Phi) is 3.01. The highest BCUT2D eigenvalue weighted by molar-refractivity contribution is 5.98. The molecule has 0 fully saturated rings. The Morgan fingerprint density at radius 1 is 1.64 bits per heavy atom. The summed E-state index contributed by atoms with van der Waals surface area (Å²) in [5.41, 5.74) is 6.10. The molecule has 0 bridgehead atoms. The number of aromatic nitrogens is 1. The number of pyridine rings is 1. The van der Waals surface area contributed by atoms with E-state index in [1.807, 2.05) is 0 Å². The van der Waals surface area contributed by atoms with E-state index >= 15 is 0 Å². The molecule has 5 N–H and O–H groups in total. The first-order valence-corrected chi connectivity index (χ1v) is 3.91. The third kappa shape index (κ3) is 2.44. The number of hydrogen-bond donors (Lipinski definition) is 3. The minimum atomic E-state index is -0.196. The Bertz CT molecular complexity index is 374. The number of nitrogens with two attached hydrogens (primary N) is 2. The van der Waals surface area contributed by atoms with Gasteiger partial charge >= 0.3 is 0 Å². The van der Waals surface area contributed by atoms with Crippen LogP contribution in [0.4, 0.5) is 5.82 Å². The van der Waals surface area contributed by atoms with E-state index in [1.54, 1.807) is 12.1 Å². The second-order valence-electron chi connectivity index (χ2n) is 2.63. The normalized spacial score (nSPS) is 11.1. The molecule has 0 saturated heterocycles. The molecule has 1 aromatic heterocycles. The smallest absolute Gasteiger partial charge is 0.222 e. The SMILES string of the molecule is CC(=O)Nc1cc(/C(N)=N/N)ccn1. The first-order valence-electron chi connectivity index (χ1n) is 3.91. The van der Waals surface area contributed by atoms with Crippen LogP contribution < -0.4 is 16.9 Å². The fourth-order valence-electron chi connectivity index (χ4n) is 0.913. The Hall–Kier alpha value is -2.11. The van der Waals surface area contributed by atoms with Gasteiger partial charge in [0.15, 0.2) is 0 Å². The van der Waals surface area contributed by atoms with Gasteiger partial charge in [-0.2, -0.15) is 5.10 Å². The molecule has 0 aliphatic carbocycles. The van der Waals surface area contributed by atoms with Gasteiger partial charge in [0.1, 0.15) is 11.7 Å². The average Bonchev–Trinajstić information content (AvgIpc) is 2.16. The maximum absolute atomic E-state index is 10.7. The largest absolute Gasteiger partial charge is 0.382 e. The number of anilines is 1. The summed E-state index contributed by atoms with van der Waals surface area (Å²) in [5.74, 6) is 5.43. The van der Waals surface area contributed by atoms with E-state index in [0.717, 1.165) is 0 Å². The molecule has 14 heavy (non-hydrogen) atoms. The van der Waals surface area contributed by atoms with Gasteiger partial charge in [-0.05, 0) is 12.1 Å². The highest BCUT2D eigenvalue weighted by atomic mass is 16.1. The molecule has 0 atom stereocenters. The molecule has 0 radical (unpaired) electrons. The second-order valence-corrected chi connectivity index (χ2v) is 2.63. The number of rotatable bonds is 2. The molecule has 6 nitrogen and oxygen atoms in total. The minimum absolute atomic E-state index is 0.194. The van der Waals surface area contributed by atoms with Crippen LogP contribution in [0.25, 0.3) is 0 Å². The Balaban J connectivity index is 2.95. The third-order valence-electron chi connectivity index (χ3n) is 1.50. The van der Waals surface area contributed by atoms with E-state index in [1.165, 1.54) is 13.1 Å². The Morgan fingerprint density at radius 3 is 2.93 bits per heavy atom. The van der Waals surface area contributed by atoms with Gasteiger partial charge < -0.3 is 16.9 Å². The number of hydrazone groups is 1. The van der Waals surface area contributed by atoms with Gasteiger partial charge in [-0.1, -0.05) is 0 Å². The molecule has 0 spiro atoms. The minimum Gasteiger partial charge on any atom is -0.382 e. The van der Waals surface area contributed by atoms with Crippen LogP contribution in [0.2, 0.25) is 0 Å². The summed E-state index contributed by atoms with van der Waals surface area (Å²) in [6, 6.07) is 3.24. The van der Waals surface area contributed by atoms with Crippen LogP contribution >= 0.6 is 0 Å². The summed E-state index contributed by atoms with van der Waals surface area (Å²) < 4.78 is 0. The van der Waals surface area contributed by atoms with Crippen LogP contribution in [-0.2, 0) is 4.79 Å². The lowest BCUT2D eigenvalue weighted by Gasteiger charge is -2.03. The number of amides is 1. The fourth-order valence-corrected chi connectivity index (χ4v) is 0.913. The Morgan fingerprint density at radius 2 is 2.36 bits per heavy atom. The summed E-state index contributed by atoms with van der Waals surface area (Å²) in [6.07, 6.45) is 1.51. The first-order chi connectivity index (χ1) is 6.63. The van der Waals surface area contributed by atoms with E-state index in [-0.39, 0.29) is 11.7 Å². The molecule has 0 aromatic carbocycles. The molecule has 6 heteroatoms. The van der Waals surface area contributed by atoms with E-state index in [0.29, 0.717) is 11.4 Å². The lowest BCUT2D eigenvalue weighted by molar-refractivity contribution is -0.114. The number of carbonyl (C=O) groups is 1. The van der Waals surface area contributed by atoms with Crippen molar-refractivity contribution >= 4 is 17.6 Å². The van der Waals surface area contributed by atoms with Gasteiger partial charge in [-0.25, -0.2) is 4.98 Å². The second kappa shape index (κ2) is 4.22. The summed E-state index contributed by atoms with van der Waals surface area (Å²) in [7, 11) is 0. The van der Waals surface area contributed by atoms with Crippen LogP contribution in [-0.4, -0.2) is 16.7 Å². The quantitative estimate of drug-likeness (QED) is 0.257. The van der Waals surface area contributed by atoms with Crippen molar-refractivity contribution in [1.29, 1.82) is 0 Å². The molecule has 0 aliphatic rings. The molecule has 74 valence electrons. The zero-order chi connectivity index (χ0) is 10.6. The van der Waals surface area contributed by atoms with Gasteiger partial charge in [-0.3, -0.25) is 4.79 Å². The van der Waals surface area contributed by atoms with Gasteiger partial charge in [0, 0.05) is 18.7 Å². The summed E-state index contributed by atoms with van der Waals surface area (Å²) in [5, 5.41) is 5.86. The summed E-state index contributed by atoms with van der Waals surface area (Å²) in [6.45, 7) is 1.40. The molecule has 1 heterocycles. The third-order valence-corrected chi connectivity index (χ3v) is 1.50. The summed E-state index contributed by atoms with van der Waals surface area (Å²) in [4.78, 5) is 14.6. The van der Waals surface area contributed by atoms with Crippen molar-refractivity contribution in [1.82, 2.24) is 4.98 Å². The average molecular weight is 193 g/mol.